The molecule has 2 N–H and O–H groups in total. The number of hydrazine groups is 1. The summed E-state index contributed by atoms with van der Waals surface area (Å²) in [7, 11) is 0. The molecule has 0 amide bonds. The molecule has 0 bridgehead atoms. The summed E-state index contributed by atoms with van der Waals surface area (Å²) < 4.78 is 5.98. The van der Waals surface area contributed by atoms with Gasteiger partial charge in [-0.15, -0.1) is 5.11 Å². The van der Waals surface area contributed by atoms with E-state index >= 15 is 0 Å². The van der Waals surface area contributed by atoms with E-state index in [9.17, 15) is 0 Å². The molecule has 64 valence electrons. The lowest BCUT2D eigenvalue weighted by Gasteiger charge is -2.01. The minimum absolute atomic E-state index is 0.139. The van der Waals surface area contributed by atoms with Gasteiger partial charge in [-0.25, -0.2) is 5.53 Å². The van der Waals surface area contributed by atoms with Gasteiger partial charge in [0.1, 0.15) is 5.76 Å². The molecule has 0 spiro atoms. The zero-order valence-electron chi connectivity index (χ0n) is 6.34. The maximum atomic E-state index is 5.27. The van der Waals surface area contributed by atoms with E-state index in [4.69, 9.17) is 4.42 Å². The van der Waals surface area contributed by atoms with Crippen LogP contribution in [0.4, 0.5) is 0 Å². The van der Waals surface area contributed by atoms with Crippen LogP contribution in [0.5, 0.6) is 0 Å². The van der Waals surface area contributed by atoms with E-state index in [0.29, 0.717) is 4.67 Å². The summed E-state index contributed by atoms with van der Waals surface area (Å²) in [6, 6.07) is 1.87. The third kappa shape index (κ3) is 1.23. The van der Waals surface area contributed by atoms with Crippen molar-refractivity contribution in [1.29, 1.82) is 0 Å². The summed E-state index contributed by atoms with van der Waals surface area (Å²) >= 11 is 3.24. The highest BCUT2D eigenvalue weighted by Crippen LogP contribution is 2.26. The second-order valence-corrected chi connectivity index (χ2v) is 3.22. The summed E-state index contributed by atoms with van der Waals surface area (Å²) in [5, 5.41) is 7.50. The van der Waals surface area contributed by atoms with Gasteiger partial charge in [0.2, 0.25) is 0 Å². The van der Waals surface area contributed by atoms with E-state index in [0.717, 1.165) is 11.3 Å². The number of nitrogens with zero attached hydrogens (tertiary/aromatic N) is 2. The predicted molar refractivity (Wildman–Crippen MR) is 45.0 cm³/mol. The van der Waals surface area contributed by atoms with Crippen molar-refractivity contribution in [2.24, 2.45) is 10.3 Å². The molecule has 1 aromatic rings. The molecule has 2 heterocycles. The molecule has 0 radical (unpaired) electrons. The molecule has 0 aliphatic carbocycles. The predicted octanol–water partition coefficient (Wildman–Crippen LogP) is 1.82. The topological polar surface area (TPSA) is 61.9 Å². The molecule has 0 fully saturated rings. The Hall–Kier alpha value is -0.880. The second-order valence-electron chi connectivity index (χ2n) is 2.44. The van der Waals surface area contributed by atoms with Crippen LogP contribution in [0, 0.1) is 6.92 Å². The lowest BCUT2D eigenvalue weighted by Crippen LogP contribution is -2.24. The molecule has 0 saturated carbocycles. The van der Waals surface area contributed by atoms with Crippen LogP contribution in [0.3, 0.4) is 0 Å². The first-order chi connectivity index (χ1) is 5.77. The van der Waals surface area contributed by atoms with Crippen LogP contribution in [-0.4, -0.2) is 0 Å². The molecule has 0 saturated heterocycles. The van der Waals surface area contributed by atoms with Crippen molar-refractivity contribution >= 4 is 15.9 Å². The van der Waals surface area contributed by atoms with Gasteiger partial charge in [-0.2, -0.15) is 5.43 Å². The van der Waals surface area contributed by atoms with Crippen molar-refractivity contribution in [2.75, 3.05) is 0 Å². The SMILES string of the molecule is Cc1oc(Br)cc1C1N=NNN1. The lowest BCUT2D eigenvalue weighted by molar-refractivity contribution is 0.491. The van der Waals surface area contributed by atoms with Gasteiger partial charge in [-0.05, 0) is 28.9 Å². The number of rotatable bonds is 1. The highest BCUT2D eigenvalue weighted by Gasteiger charge is 2.19. The Balaban J connectivity index is 2.32. The van der Waals surface area contributed by atoms with Crippen LogP contribution in [-0.2, 0) is 0 Å². The van der Waals surface area contributed by atoms with Gasteiger partial charge in [-0.1, -0.05) is 5.22 Å². The van der Waals surface area contributed by atoms with Gasteiger partial charge in [-0.3, -0.25) is 0 Å². The summed E-state index contributed by atoms with van der Waals surface area (Å²) in [4.78, 5) is 0. The molecule has 6 heteroatoms. The first-order valence-corrected chi connectivity index (χ1v) is 4.23. The summed E-state index contributed by atoms with van der Waals surface area (Å²) in [5.74, 6) is 0.835. The summed E-state index contributed by atoms with van der Waals surface area (Å²) in [6.45, 7) is 1.88. The Bertz CT molecular complexity index is 321. The average Bonchev–Trinajstić information content (AvgIpc) is 2.58. The van der Waals surface area contributed by atoms with E-state index in [2.05, 4.69) is 37.2 Å². The van der Waals surface area contributed by atoms with E-state index < -0.39 is 0 Å². The highest BCUT2D eigenvalue weighted by atomic mass is 79.9. The Morgan fingerprint density at radius 3 is 3.00 bits per heavy atom. The van der Waals surface area contributed by atoms with Crippen molar-refractivity contribution in [3.05, 3.63) is 22.1 Å². The lowest BCUT2D eigenvalue weighted by atomic mass is 10.2. The molecule has 2 rings (SSSR count). The molecule has 1 aromatic heterocycles. The van der Waals surface area contributed by atoms with Crippen molar-refractivity contribution in [3.8, 4) is 0 Å². The molecule has 0 aromatic carbocycles. The molecular formula is C6H7BrN4O. The maximum Gasteiger partial charge on any atom is 0.169 e. The summed E-state index contributed by atoms with van der Waals surface area (Å²) in [6.07, 6.45) is -0.139. The standard InChI is InChI=1S/C6H7BrN4O/c1-3-4(2-5(7)12-3)6-8-10-11-9-6/h2,6H,1H3,(H,8,11)(H,9,10). The average molecular weight is 231 g/mol. The van der Waals surface area contributed by atoms with E-state index in [1.54, 1.807) is 0 Å². The van der Waals surface area contributed by atoms with Gasteiger partial charge in [0.25, 0.3) is 0 Å². The number of nitrogens with one attached hydrogen (secondary N) is 2. The Morgan fingerprint density at radius 2 is 2.50 bits per heavy atom. The number of aryl methyl sites for hydroxylation is 1. The van der Waals surface area contributed by atoms with Gasteiger partial charge < -0.3 is 4.42 Å². The number of hydrogen-bond donors (Lipinski definition) is 2. The highest BCUT2D eigenvalue weighted by molar-refractivity contribution is 9.10. The molecule has 1 atom stereocenters. The van der Waals surface area contributed by atoms with Crippen molar-refractivity contribution in [1.82, 2.24) is 11.0 Å². The first kappa shape index (κ1) is 7.75. The fourth-order valence-corrected chi connectivity index (χ4v) is 1.56. The monoisotopic (exact) mass is 230 g/mol. The second kappa shape index (κ2) is 2.87. The first-order valence-electron chi connectivity index (χ1n) is 3.43. The van der Waals surface area contributed by atoms with Crippen molar-refractivity contribution in [2.45, 2.75) is 13.1 Å². The number of furan rings is 1. The Morgan fingerprint density at radius 1 is 1.67 bits per heavy atom. The van der Waals surface area contributed by atoms with Crippen LogP contribution in [0.25, 0.3) is 0 Å². The quantitative estimate of drug-likeness (QED) is 0.774. The minimum Gasteiger partial charge on any atom is -0.454 e. The number of hydrogen-bond acceptors (Lipinski definition) is 5. The van der Waals surface area contributed by atoms with Crippen LogP contribution in [0.1, 0.15) is 17.5 Å². The van der Waals surface area contributed by atoms with Gasteiger partial charge in [0.05, 0.1) is 0 Å². The van der Waals surface area contributed by atoms with Crippen LogP contribution < -0.4 is 11.0 Å². The Kier molecular flexibility index (Phi) is 1.86. The zero-order valence-corrected chi connectivity index (χ0v) is 7.92. The smallest absolute Gasteiger partial charge is 0.169 e. The van der Waals surface area contributed by atoms with Gasteiger partial charge in [0.15, 0.2) is 10.8 Å². The van der Waals surface area contributed by atoms with Crippen LogP contribution in [0.2, 0.25) is 0 Å². The normalized spacial score (nSPS) is 21.3. The Labute approximate surface area is 77.3 Å². The molecule has 1 aliphatic heterocycles. The largest absolute Gasteiger partial charge is 0.454 e. The fourth-order valence-electron chi connectivity index (χ4n) is 1.08. The maximum absolute atomic E-state index is 5.27. The van der Waals surface area contributed by atoms with Crippen molar-refractivity contribution in [3.63, 3.8) is 0 Å². The minimum atomic E-state index is -0.139. The zero-order chi connectivity index (χ0) is 8.55. The third-order valence-electron chi connectivity index (χ3n) is 1.65. The molecule has 12 heavy (non-hydrogen) atoms. The molecular weight excluding hydrogens is 224 g/mol. The molecule has 1 aliphatic rings. The summed E-state index contributed by atoms with van der Waals surface area (Å²) in [5.41, 5.74) is 6.40. The van der Waals surface area contributed by atoms with E-state index in [1.807, 2.05) is 13.0 Å². The van der Waals surface area contributed by atoms with Gasteiger partial charge in [0, 0.05) is 5.56 Å². The molecule has 5 nitrogen and oxygen atoms in total. The van der Waals surface area contributed by atoms with E-state index in [-0.39, 0.29) is 6.17 Å². The van der Waals surface area contributed by atoms with Crippen LogP contribution >= 0.6 is 15.9 Å². The van der Waals surface area contributed by atoms with E-state index in [1.165, 1.54) is 0 Å². The van der Waals surface area contributed by atoms with Crippen molar-refractivity contribution < 1.29 is 4.42 Å². The van der Waals surface area contributed by atoms with Gasteiger partial charge >= 0.3 is 0 Å². The molecule has 1 unspecified atom stereocenters. The third-order valence-corrected chi connectivity index (χ3v) is 2.04. The number of halogens is 1. The van der Waals surface area contributed by atoms with Crippen LogP contribution in [0.15, 0.2) is 25.5 Å². The fraction of sp³-hybridized carbons (Fsp3) is 0.333.